The molecule has 1 fully saturated rings. The molecule has 9 nitrogen and oxygen atoms in total. The first-order valence-electron chi connectivity index (χ1n) is 8.07. The Hall–Kier alpha value is -2.20. The van der Waals surface area contributed by atoms with E-state index in [1.165, 1.54) is 16.8 Å². The van der Waals surface area contributed by atoms with Crippen molar-refractivity contribution in [2.75, 3.05) is 26.2 Å². The SMILES string of the molecule is Cc1noc(C)c1CC(=O)N1CCCN(S(=O)(=O)c2cnc[nH]2)CC1. The van der Waals surface area contributed by atoms with Crippen LogP contribution in [0.2, 0.25) is 0 Å². The van der Waals surface area contributed by atoms with Gasteiger partial charge in [-0.1, -0.05) is 5.16 Å². The smallest absolute Gasteiger partial charge is 0.260 e. The number of imidazole rings is 1. The van der Waals surface area contributed by atoms with E-state index in [0.29, 0.717) is 37.5 Å². The van der Waals surface area contributed by atoms with Crippen LogP contribution < -0.4 is 0 Å². The molecule has 136 valence electrons. The second kappa shape index (κ2) is 6.96. The van der Waals surface area contributed by atoms with Gasteiger partial charge in [0.25, 0.3) is 10.0 Å². The van der Waals surface area contributed by atoms with Crippen molar-refractivity contribution in [1.82, 2.24) is 24.3 Å². The largest absolute Gasteiger partial charge is 0.361 e. The molecule has 1 saturated heterocycles. The molecule has 0 radical (unpaired) electrons. The van der Waals surface area contributed by atoms with Crippen LogP contribution in [0, 0.1) is 13.8 Å². The zero-order valence-electron chi connectivity index (χ0n) is 14.2. The highest BCUT2D eigenvalue weighted by atomic mass is 32.2. The minimum absolute atomic E-state index is 0.0461. The number of rotatable bonds is 4. The summed E-state index contributed by atoms with van der Waals surface area (Å²) in [6, 6.07) is 0. The first-order valence-corrected chi connectivity index (χ1v) is 9.51. The number of hydrogen-bond acceptors (Lipinski definition) is 6. The average Bonchev–Trinajstić information content (AvgIpc) is 3.14. The van der Waals surface area contributed by atoms with Crippen LogP contribution >= 0.6 is 0 Å². The molecule has 0 aliphatic carbocycles. The molecule has 3 rings (SSSR count). The number of sulfonamides is 1. The summed E-state index contributed by atoms with van der Waals surface area (Å²) < 4.78 is 31.6. The summed E-state index contributed by atoms with van der Waals surface area (Å²) in [4.78, 5) is 20.7. The van der Waals surface area contributed by atoms with E-state index in [2.05, 4.69) is 15.1 Å². The highest BCUT2D eigenvalue weighted by Gasteiger charge is 2.29. The second-order valence-electron chi connectivity index (χ2n) is 6.03. The molecule has 2 aromatic rings. The summed E-state index contributed by atoms with van der Waals surface area (Å²) >= 11 is 0. The fourth-order valence-electron chi connectivity index (χ4n) is 2.92. The molecule has 0 saturated carbocycles. The van der Waals surface area contributed by atoms with Gasteiger partial charge in [0.15, 0.2) is 5.03 Å². The Balaban J connectivity index is 1.66. The number of carbonyl (C=O) groups excluding carboxylic acids is 1. The van der Waals surface area contributed by atoms with E-state index in [9.17, 15) is 13.2 Å². The van der Waals surface area contributed by atoms with Crippen molar-refractivity contribution in [2.24, 2.45) is 0 Å². The van der Waals surface area contributed by atoms with Gasteiger partial charge in [-0.3, -0.25) is 4.79 Å². The molecule has 1 amide bonds. The molecule has 3 heterocycles. The summed E-state index contributed by atoms with van der Waals surface area (Å²) in [5.41, 5.74) is 1.51. The third-order valence-electron chi connectivity index (χ3n) is 4.41. The number of aromatic amines is 1. The van der Waals surface area contributed by atoms with Gasteiger partial charge < -0.3 is 14.4 Å². The quantitative estimate of drug-likeness (QED) is 0.841. The van der Waals surface area contributed by atoms with Gasteiger partial charge in [0.05, 0.1) is 24.6 Å². The van der Waals surface area contributed by atoms with Crippen LogP contribution in [0.5, 0.6) is 0 Å². The molecule has 1 aliphatic rings. The summed E-state index contributed by atoms with van der Waals surface area (Å²) in [6.45, 7) is 5.10. The molecular formula is C15H21N5O4S. The van der Waals surface area contributed by atoms with E-state index in [4.69, 9.17) is 4.52 Å². The molecule has 1 aliphatic heterocycles. The fourth-order valence-corrected chi connectivity index (χ4v) is 4.29. The van der Waals surface area contributed by atoms with Crippen molar-refractivity contribution in [3.8, 4) is 0 Å². The number of nitrogens with zero attached hydrogens (tertiary/aromatic N) is 4. The lowest BCUT2D eigenvalue weighted by Crippen LogP contribution is -2.38. The van der Waals surface area contributed by atoms with Crippen molar-refractivity contribution >= 4 is 15.9 Å². The van der Waals surface area contributed by atoms with Crippen molar-refractivity contribution < 1.29 is 17.7 Å². The molecule has 10 heteroatoms. The maximum absolute atomic E-state index is 12.6. The number of nitrogens with one attached hydrogen (secondary N) is 1. The summed E-state index contributed by atoms with van der Waals surface area (Å²) in [5, 5.41) is 3.94. The van der Waals surface area contributed by atoms with Gasteiger partial charge in [-0.25, -0.2) is 13.4 Å². The molecule has 0 atom stereocenters. The van der Waals surface area contributed by atoms with Crippen LogP contribution in [0.15, 0.2) is 22.1 Å². The average molecular weight is 367 g/mol. The lowest BCUT2D eigenvalue weighted by molar-refractivity contribution is -0.130. The van der Waals surface area contributed by atoms with Crippen molar-refractivity contribution in [3.63, 3.8) is 0 Å². The van der Waals surface area contributed by atoms with Gasteiger partial charge in [0.1, 0.15) is 5.76 Å². The maximum Gasteiger partial charge on any atom is 0.260 e. The molecule has 1 N–H and O–H groups in total. The van der Waals surface area contributed by atoms with E-state index >= 15 is 0 Å². The van der Waals surface area contributed by atoms with Gasteiger partial charge in [0.2, 0.25) is 5.91 Å². The Kier molecular flexibility index (Phi) is 4.91. The normalized spacial score (nSPS) is 16.8. The monoisotopic (exact) mass is 367 g/mol. The number of aryl methyl sites for hydroxylation is 2. The van der Waals surface area contributed by atoms with Crippen LogP contribution in [-0.4, -0.2) is 64.8 Å². The van der Waals surface area contributed by atoms with Gasteiger partial charge in [-0.05, 0) is 20.3 Å². The van der Waals surface area contributed by atoms with Gasteiger partial charge in [-0.15, -0.1) is 0 Å². The summed E-state index contributed by atoms with van der Waals surface area (Å²) in [5.74, 6) is 0.597. The van der Waals surface area contributed by atoms with Gasteiger partial charge in [-0.2, -0.15) is 4.31 Å². The maximum atomic E-state index is 12.6. The third-order valence-corrected chi connectivity index (χ3v) is 6.23. The summed E-state index contributed by atoms with van der Waals surface area (Å²) in [7, 11) is -3.60. The Morgan fingerprint density at radius 1 is 1.28 bits per heavy atom. The van der Waals surface area contributed by atoms with E-state index in [1.54, 1.807) is 18.7 Å². The lowest BCUT2D eigenvalue weighted by Gasteiger charge is -2.21. The van der Waals surface area contributed by atoms with Gasteiger partial charge in [0, 0.05) is 31.7 Å². The number of H-pyrrole nitrogens is 1. The lowest BCUT2D eigenvalue weighted by atomic mass is 10.1. The second-order valence-corrected chi connectivity index (χ2v) is 7.94. The molecule has 0 unspecified atom stereocenters. The Labute approximate surface area is 146 Å². The topological polar surface area (TPSA) is 112 Å². The molecule has 2 aromatic heterocycles. The van der Waals surface area contributed by atoms with E-state index in [-0.39, 0.29) is 23.9 Å². The van der Waals surface area contributed by atoms with Crippen LogP contribution in [0.4, 0.5) is 0 Å². The Bertz CT molecular complexity index is 824. The third kappa shape index (κ3) is 3.59. The number of amides is 1. The Morgan fingerprint density at radius 2 is 2.08 bits per heavy atom. The van der Waals surface area contributed by atoms with E-state index < -0.39 is 10.0 Å². The minimum atomic E-state index is -3.60. The van der Waals surface area contributed by atoms with E-state index in [0.717, 1.165) is 5.56 Å². The van der Waals surface area contributed by atoms with Crippen molar-refractivity contribution in [3.05, 3.63) is 29.5 Å². The molecule has 0 aromatic carbocycles. The first kappa shape index (κ1) is 17.6. The zero-order chi connectivity index (χ0) is 18.0. The number of hydrogen-bond donors (Lipinski definition) is 1. The van der Waals surface area contributed by atoms with Crippen LogP contribution in [0.1, 0.15) is 23.4 Å². The predicted molar refractivity (Wildman–Crippen MR) is 88.2 cm³/mol. The standard InChI is InChI=1S/C15H21N5O4S/c1-11-13(12(2)24-18-11)8-15(21)19-4-3-5-20(7-6-19)25(22,23)14-9-16-10-17-14/h9-10H,3-8H2,1-2H3,(H,16,17). The number of aromatic nitrogens is 3. The minimum Gasteiger partial charge on any atom is -0.361 e. The predicted octanol–water partition coefficient (Wildman–Crippen LogP) is 0.480. The number of carbonyl (C=O) groups is 1. The fraction of sp³-hybridized carbons (Fsp3) is 0.533. The molecule has 0 bridgehead atoms. The highest BCUT2D eigenvalue weighted by molar-refractivity contribution is 7.89. The van der Waals surface area contributed by atoms with E-state index in [1.807, 2.05) is 0 Å². The molecule has 0 spiro atoms. The van der Waals surface area contributed by atoms with Gasteiger partial charge >= 0.3 is 0 Å². The van der Waals surface area contributed by atoms with Crippen molar-refractivity contribution in [1.29, 1.82) is 0 Å². The zero-order valence-corrected chi connectivity index (χ0v) is 15.0. The molecular weight excluding hydrogens is 346 g/mol. The highest BCUT2D eigenvalue weighted by Crippen LogP contribution is 2.17. The summed E-state index contributed by atoms with van der Waals surface area (Å²) in [6.07, 6.45) is 3.43. The van der Waals surface area contributed by atoms with Crippen molar-refractivity contribution in [2.45, 2.75) is 31.7 Å². The first-order chi connectivity index (χ1) is 11.9. The van der Waals surface area contributed by atoms with Crippen LogP contribution in [-0.2, 0) is 21.2 Å². The Morgan fingerprint density at radius 3 is 2.72 bits per heavy atom. The van der Waals surface area contributed by atoms with Crippen LogP contribution in [0.3, 0.4) is 0 Å². The molecule has 25 heavy (non-hydrogen) atoms. The van der Waals surface area contributed by atoms with Crippen LogP contribution in [0.25, 0.3) is 0 Å².